The predicted molar refractivity (Wildman–Crippen MR) is 496 cm³/mol. The Balaban J connectivity index is 1.28. The molecule has 6 aliphatic heterocycles. The summed E-state index contributed by atoms with van der Waals surface area (Å²) >= 11 is 0. The average molecular weight is 2050 g/mol. The third-order valence-electron chi connectivity index (χ3n) is 26.6. The molecule has 47 heteroatoms. The largest absolute Gasteiger partial charge is 0.477 e. The highest BCUT2D eigenvalue weighted by Crippen LogP contribution is 2.44. The number of hydrogen-bond acceptors (Lipinski definition) is 39. The molecule has 6 rings (SSSR count). The van der Waals surface area contributed by atoms with Gasteiger partial charge in [0.15, 0.2) is 18.9 Å². The first kappa shape index (κ1) is 125. The molecule has 0 aromatic heterocycles. The zero-order valence-electron chi connectivity index (χ0n) is 82.5. The zero-order chi connectivity index (χ0) is 105. The number of carbonyl (C=O) groups excluding carboxylic acids is 5. The molecule has 0 saturated carbocycles. The second kappa shape index (κ2) is 63.7. The van der Waals surface area contributed by atoms with Gasteiger partial charge in [-0.3, -0.25) is 24.0 Å². The van der Waals surface area contributed by atoms with Crippen molar-refractivity contribution >= 4 is 47.4 Å². The highest BCUT2D eigenvalue weighted by Gasteiger charge is 2.65. The number of ether oxygens (including phenoxy) is 12. The summed E-state index contributed by atoms with van der Waals surface area (Å²) in [7, 11) is 0. The van der Waals surface area contributed by atoms with Gasteiger partial charge in [-0.2, -0.15) is 0 Å². The van der Waals surface area contributed by atoms with Crippen LogP contribution < -0.4 is 26.6 Å². The monoisotopic (exact) mass is 2050 g/mol. The van der Waals surface area contributed by atoms with Gasteiger partial charge < -0.3 is 196 Å². The van der Waals surface area contributed by atoms with E-state index in [9.17, 15) is 151 Å². The molecule has 0 spiro atoms. The van der Waals surface area contributed by atoms with E-state index < -0.39 is 326 Å². The molecule has 0 bridgehead atoms. The van der Waals surface area contributed by atoms with Crippen molar-refractivity contribution in [2.24, 2.45) is 0 Å². The van der Waals surface area contributed by atoms with Gasteiger partial charge in [-0.15, -0.1) is 0 Å². The molecule has 6 fully saturated rings. The van der Waals surface area contributed by atoms with E-state index in [4.69, 9.17) is 56.8 Å². The van der Waals surface area contributed by atoms with Crippen LogP contribution in [0, 0.1) is 0 Å². The van der Waals surface area contributed by atoms with Gasteiger partial charge in [-0.25, -0.2) is 14.4 Å². The van der Waals surface area contributed by atoms with Gasteiger partial charge in [0.25, 0.3) is 17.4 Å². The Kier molecular flexibility index (Phi) is 56.0. The lowest BCUT2D eigenvalue weighted by Gasteiger charge is -2.52. The summed E-state index contributed by atoms with van der Waals surface area (Å²) in [6, 6.07) is -9.23. The highest BCUT2D eigenvalue weighted by molar-refractivity contribution is 5.79. The number of nitrogens with one attached hydrogen (secondary N) is 5. The fraction of sp³-hybridized carbons (Fsp3) is 0.874. The maximum atomic E-state index is 14.4. The van der Waals surface area contributed by atoms with E-state index in [2.05, 4.69) is 52.6 Å². The van der Waals surface area contributed by atoms with Crippen molar-refractivity contribution in [1.29, 1.82) is 0 Å². The number of hydrogen-bond donors (Lipinski definition) is 27. The standard InChI is InChI=1S/C95H165N5O42/c1-7-9-11-13-15-17-19-21-22-23-24-25-26-27-28-30-32-34-36-38-40-42-68(116)100-57(58(111)41-39-37-35-33-31-29-20-18-16-14-12-10-8-2)52-131-88-79(123)78(122)81(66(50-105)133-88)135-89-80(124)86(82(67(51-106)134-89)136-87-72(99-56(6)110)77(121)74(118)63(47-102)132-87)142-95(92(129)130)45-61(114)71(98-55(5)109)85(141-95)76(120)65(49-104)138-94(91(127)128)44-60(113)70(97-54(4)108)84(140-94)75(119)64(48-103)137-93(90(125)126)43-59(112)69(96-53(3)107)83(139-93)73(117)62(115)46-101/h21-22,39,41,57-67,69-89,101-106,111-115,117-124H,7-20,23-38,40,42-52H2,1-6H3,(H,96,107)(H,97,108)(H,98,109)(H,99,110)(H,100,116)(H,125,126)(H,127,128)(H,129,130)/b22-21-,41-39+/t57-,58+,59?,60?,61?,62+,63?,64+,65+,66?,67?,69+,70+,71+,72?,73+,74-,75+,76+,77+,78+,79?,80?,81+,82-,83?,84?,85?,86+,87-,88+,89-,93+,94+,95-/m0/s1. The number of carbonyl (C=O) groups is 8. The fourth-order valence-electron chi connectivity index (χ4n) is 18.8. The van der Waals surface area contributed by atoms with Crippen LogP contribution in [0.2, 0.25) is 0 Å². The van der Waals surface area contributed by atoms with Crippen molar-refractivity contribution in [2.45, 2.75) is 479 Å². The van der Waals surface area contributed by atoms with Gasteiger partial charge in [0, 0.05) is 53.4 Å². The number of carboxylic acids is 3. The highest BCUT2D eigenvalue weighted by atomic mass is 16.8. The lowest BCUT2D eigenvalue weighted by atomic mass is 9.86. The third kappa shape index (κ3) is 37.3. The van der Waals surface area contributed by atoms with E-state index in [0.29, 0.717) is 12.8 Å². The van der Waals surface area contributed by atoms with E-state index >= 15 is 0 Å². The number of aliphatic hydroxyl groups is 19. The summed E-state index contributed by atoms with van der Waals surface area (Å²) in [4.78, 5) is 107. The Morgan fingerprint density at radius 3 is 1.14 bits per heavy atom. The van der Waals surface area contributed by atoms with Gasteiger partial charge in [0.1, 0.15) is 128 Å². The van der Waals surface area contributed by atoms with Crippen LogP contribution >= 0.6 is 0 Å². The Bertz CT molecular complexity index is 3740. The number of aliphatic carboxylic acids is 3. The van der Waals surface area contributed by atoms with Crippen LogP contribution in [-0.4, -0.2) is 419 Å². The third-order valence-corrected chi connectivity index (χ3v) is 26.6. The molecular formula is C95H165N5O42. The van der Waals surface area contributed by atoms with E-state index in [1.165, 1.54) is 109 Å². The van der Waals surface area contributed by atoms with Crippen molar-refractivity contribution in [2.75, 3.05) is 46.2 Å². The lowest BCUT2D eigenvalue weighted by molar-refractivity contribution is -0.402. The van der Waals surface area contributed by atoms with E-state index in [1.807, 2.05) is 0 Å². The van der Waals surface area contributed by atoms with Crippen LogP contribution in [0.1, 0.15) is 266 Å². The number of allylic oxidation sites excluding steroid dienone is 3. The van der Waals surface area contributed by atoms with Gasteiger partial charge in [0.05, 0.1) is 94.8 Å². The van der Waals surface area contributed by atoms with Gasteiger partial charge in [-0.1, -0.05) is 192 Å². The van der Waals surface area contributed by atoms with Crippen LogP contribution in [0.25, 0.3) is 0 Å². The summed E-state index contributed by atoms with van der Waals surface area (Å²) < 4.78 is 71.8. The first-order valence-corrected chi connectivity index (χ1v) is 50.5. The molecule has 6 aliphatic rings. The minimum Gasteiger partial charge on any atom is -0.477 e. The summed E-state index contributed by atoms with van der Waals surface area (Å²) in [5.74, 6) is -22.2. The summed E-state index contributed by atoms with van der Waals surface area (Å²) in [5, 5.41) is 264. The molecule has 12 unspecified atom stereocenters. The van der Waals surface area contributed by atoms with Crippen LogP contribution in [0.5, 0.6) is 0 Å². The van der Waals surface area contributed by atoms with Crippen LogP contribution in [-0.2, 0) is 95.2 Å². The minimum atomic E-state index is -3.73. The molecule has 6 heterocycles. The molecule has 35 atom stereocenters. The molecule has 0 aliphatic carbocycles. The molecule has 47 nitrogen and oxygen atoms in total. The van der Waals surface area contributed by atoms with Gasteiger partial charge in [-0.05, 0) is 44.9 Å². The topological polar surface area (TPSA) is 753 Å². The summed E-state index contributed by atoms with van der Waals surface area (Å²) in [5.41, 5.74) is 0. The summed E-state index contributed by atoms with van der Waals surface area (Å²) in [6.07, 6.45) is -24.7. The minimum absolute atomic E-state index is 0.0761. The SMILES string of the molecule is CCCCCCCC/C=C\CCCCCCCCCCCCCC(=O)N[C@@H](CO[C@@H]1OC(CO)[C@@H](O[C@@H]2OC(CO)[C@H](O[C@@H]3OC(CO)[C@H](O)[C@H](O)C3NC(C)=O)[C@H](O[C@]3(C(=O)O)CC(O)[C@@H](NC(C)=O)C([C@H](O)[C@@H](CO)O[C@]4(C(=O)O)CC(O)[C@@H](NC(C)=O)C([C@H](O)[C@@H](CO)O[C@]5(C(=O)O)CC(O)[C@@H](NC(C)=O)C([C@H](O)[C@H](O)CO)O5)O4)O3)C2O)[C@H](O)C1O)[C@H](O)/C=C/CCCCCCCCCCCCC. The Morgan fingerprint density at radius 1 is 0.380 bits per heavy atom. The number of amides is 5. The van der Waals surface area contributed by atoms with Crippen LogP contribution in [0.3, 0.4) is 0 Å². The first-order valence-electron chi connectivity index (χ1n) is 50.5. The second-order valence-corrected chi connectivity index (χ2v) is 38.2. The molecule has 0 aromatic rings. The van der Waals surface area contributed by atoms with E-state index in [1.54, 1.807) is 6.08 Å². The molecule has 27 N–H and O–H groups in total. The average Bonchev–Trinajstić information content (AvgIpc) is 0.741. The molecule has 0 aromatic carbocycles. The molecule has 142 heavy (non-hydrogen) atoms. The van der Waals surface area contributed by atoms with Crippen molar-refractivity contribution in [3.63, 3.8) is 0 Å². The van der Waals surface area contributed by atoms with Gasteiger partial charge >= 0.3 is 17.9 Å². The maximum absolute atomic E-state index is 14.4. The maximum Gasteiger partial charge on any atom is 0.364 e. The Labute approximate surface area is 828 Å². The number of aliphatic hydroxyl groups excluding tert-OH is 19. The number of unbranched alkanes of at least 4 members (excludes halogenated alkanes) is 28. The molecule has 822 valence electrons. The Morgan fingerprint density at radius 2 is 0.739 bits per heavy atom. The fourth-order valence-corrected chi connectivity index (χ4v) is 18.8. The van der Waals surface area contributed by atoms with Crippen LogP contribution in [0.15, 0.2) is 24.3 Å². The predicted octanol–water partition coefficient (Wildman–Crippen LogP) is -2.40. The van der Waals surface area contributed by atoms with E-state index in [0.717, 1.165) is 111 Å². The zero-order valence-corrected chi connectivity index (χ0v) is 82.5. The number of carboxylic acid groups (broad SMARTS) is 3. The molecule has 5 amide bonds. The second-order valence-electron chi connectivity index (χ2n) is 38.2. The van der Waals surface area contributed by atoms with Crippen molar-refractivity contribution < 1.29 is 208 Å². The van der Waals surface area contributed by atoms with Crippen molar-refractivity contribution in [3.05, 3.63) is 24.3 Å². The summed E-state index contributed by atoms with van der Waals surface area (Å²) in [6.45, 7) is -0.773. The van der Waals surface area contributed by atoms with Crippen molar-refractivity contribution in [1.82, 2.24) is 26.6 Å². The molecule has 6 saturated heterocycles. The molecule has 0 radical (unpaired) electrons. The number of rotatable bonds is 68. The van der Waals surface area contributed by atoms with E-state index in [-0.39, 0.29) is 6.42 Å². The van der Waals surface area contributed by atoms with Crippen LogP contribution in [0.4, 0.5) is 0 Å². The molecular weight excluding hydrogens is 1880 g/mol. The quantitative estimate of drug-likeness (QED) is 0.0223. The van der Waals surface area contributed by atoms with Crippen molar-refractivity contribution in [3.8, 4) is 0 Å². The Hall–Kier alpha value is -6.00. The normalized spacial score (nSPS) is 33.1. The smallest absolute Gasteiger partial charge is 0.364 e. The lowest BCUT2D eigenvalue weighted by Crippen LogP contribution is -2.72. The first-order chi connectivity index (χ1) is 67.6. The van der Waals surface area contributed by atoms with Gasteiger partial charge in [0.2, 0.25) is 29.5 Å².